The lowest BCUT2D eigenvalue weighted by atomic mass is 10.1. The van der Waals surface area contributed by atoms with Crippen LogP contribution in [0.15, 0.2) is 6.20 Å². The molecule has 0 radical (unpaired) electrons. The Morgan fingerprint density at radius 1 is 1.65 bits per heavy atom. The van der Waals surface area contributed by atoms with E-state index < -0.39 is 0 Å². The summed E-state index contributed by atoms with van der Waals surface area (Å²) in [5, 5.41) is 9.85. The number of carbonyl (C=O) groups excluding carboxylic acids is 1. The van der Waals surface area contributed by atoms with Crippen molar-refractivity contribution in [3.63, 3.8) is 0 Å². The van der Waals surface area contributed by atoms with Crippen molar-refractivity contribution in [2.75, 3.05) is 13.1 Å². The maximum Gasteiger partial charge on any atom is 0.227 e. The second-order valence-corrected chi connectivity index (χ2v) is 4.86. The Morgan fingerprint density at radius 2 is 2.41 bits per heavy atom. The first-order valence-electron chi connectivity index (χ1n) is 6.15. The second kappa shape index (κ2) is 4.87. The number of carbonyl (C=O) groups is 1. The molecule has 1 aromatic rings. The predicted molar refractivity (Wildman–Crippen MR) is 65.4 cm³/mol. The van der Waals surface area contributed by atoms with Crippen LogP contribution in [-0.4, -0.2) is 29.2 Å². The van der Waals surface area contributed by atoms with E-state index in [1.165, 1.54) is 5.56 Å². The van der Waals surface area contributed by atoms with Crippen LogP contribution in [0.5, 0.6) is 0 Å². The number of H-pyrrole nitrogens is 1. The Labute approximate surface area is 101 Å². The minimum atomic E-state index is -0.231. The SMILES string of the molecule is Cc1[nH]ncc1CCCNC(=O)C1(CN)CC1. The molecule has 1 saturated carbocycles. The number of rotatable bonds is 6. The summed E-state index contributed by atoms with van der Waals surface area (Å²) in [6, 6.07) is 0. The number of aryl methyl sites for hydroxylation is 2. The van der Waals surface area contributed by atoms with Gasteiger partial charge in [-0.3, -0.25) is 9.89 Å². The maximum atomic E-state index is 11.8. The van der Waals surface area contributed by atoms with Crippen LogP contribution >= 0.6 is 0 Å². The predicted octanol–water partition coefficient (Wildman–Crippen LogP) is 0.506. The van der Waals surface area contributed by atoms with Gasteiger partial charge in [0.05, 0.1) is 11.6 Å². The minimum Gasteiger partial charge on any atom is -0.356 e. The molecule has 0 atom stereocenters. The summed E-state index contributed by atoms with van der Waals surface area (Å²) in [6.07, 6.45) is 5.61. The fourth-order valence-corrected chi connectivity index (χ4v) is 1.97. The van der Waals surface area contributed by atoms with Gasteiger partial charge >= 0.3 is 0 Å². The zero-order valence-corrected chi connectivity index (χ0v) is 10.3. The molecule has 0 spiro atoms. The molecule has 0 aliphatic heterocycles. The summed E-state index contributed by atoms with van der Waals surface area (Å²) in [5.41, 5.74) is 7.70. The monoisotopic (exact) mass is 236 g/mol. The average molecular weight is 236 g/mol. The molecule has 1 aliphatic carbocycles. The Hall–Kier alpha value is -1.36. The van der Waals surface area contributed by atoms with E-state index >= 15 is 0 Å². The van der Waals surface area contributed by atoms with Gasteiger partial charge in [0, 0.05) is 18.8 Å². The molecule has 1 fully saturated rings. The van der Waals surface area contributed by atoms with Crippen LogP contribution in [0, 0.1) is 12.3 Å². The molecule has 1 heterocycles. The van der Waals surface area contributed by atoms with E-state index in [2.05, 4.69) is 15.5 Å². The van der Waals surface area contributed by atoms with Crippen LogP contribution in [0.4, 0.5) is 0 Å². The molecule has 5 nitrogen and oxygen atoms in total. The third kappa shape index (κ3) is 2.66. The molecule has 0 aromatic carbocycles. The molecule has 1 amide bonds. The molecule has 2 rings (SSSR count). The van der Waals surface area contributed by atoms with Crippen molar-refractivity contribution in [1.29, 1.82) is 0 Å². The van der Waals surface area contributed by atoms with Gasteiger partial charge in [0.1, 0.15) is 0 Å². The number of hydrogen-bond acceptors (Lipinski definition) is 3. The highest BCUT2D eigenvalue weighted by atomic mass is 16.2. The third-order valence-corrected chi connectivity index (χ3v) is 3.57. The first-order valence-corrected chi connectivity index (χ1v) is 6.15. The van der Waals surface area contributed by atoms with Gasteiger partial charge in [-0.25, -0.2) is 0 Å². The molecule has 1 aromatic heterocycles. The normalized spacial score (nSPS) is 16.8. The molecule has 0 saturated heterocycles. The van der Waals surface area contributed by atoms with Crippen LogP contribution in [0.1, 0.15) is 30.5 Å². The molecule has 0 unspecified atom stereocenters. The number of amides is 1. The van der Waals surface area contributed by atoms with E-state index in [1.54, 1.807) is 0 Å². The summed E-state index contributed by atoms with van der Waals surface area (Å²) < 4.78 is 0. The van der Waals surface area contributed by atoms with Gasteiger partial charge in [-0.15, -0.1) is 0 Å². The van der Waals surface area contributed by atoms with Crippen LogP contribution < -0.4 is 11.1 Å². The van der Waals surface area contributed by atoms with Crippen LogP contribution in [0.2, 0.25) is 0 Å². The topological polar surface area (TPSA) is 83.8 Å². The van der Waals surface area contributed by atoms with E-state index in [0.29, 0.717) is 13.1 Å². The standard InChI is InChI=1S/C12H20N4O/c1-9-10(7-15-16-9)3-2-6-14-11(17)12(8-13)4-5-12/h7H,2-6,8,13H2,1H3,(H,14,17)(H,15,16). The number of hydrogen-bond donors (Lipinski definition) is 3. The lowest BCUT2D eigenvalue weighted by Crippen LogP contribution is -2.37. The summed E-state index contributed by atoms with van der Waals surface area (Å²) >= 11 is 0. The zero-order chi connectivity index (χ0) is 12.3. The summed E-state index contributed by atoms with van der Waals surface area (Å²) in [7, 11) is 0. The van der Waals surface area contributed by atoms with E-state index in [4.69, 9.17) is 5.73 Å². The van der Waals surface area contributed by atoms with Gasteiger partial charge in [0.25, 0.3) is 0 Å². The van der Waals surface area contributed by atoms with Crippen molar-refractivity contribution < 1.29 is 4.79 Å². The Kier molecular flexibility index (Phi) is 3.47. The van der Waals surface area contributed by atoms with E-state index in [9.17, 15) is 4.79 Å². The summed E-state index contributed by atoms with van der Waals surface area (Å²) in [4.78, 5) is 11.8. The Bertz CT molecular complexity index is 395. The number of aromatic nitrogens is 2. The van der Waals surface area contributed by atoms with Crippen molar-refractivity contribution in [3.8, 4) is 0 Å². The van der Waals surface area contributed by atoms with Crippen molar-refractivity contribution in [2.24, 2.45) is 11.1 Å². The second-order valence-electron chi connectivity index (χ2n) is 4.86. The van der Waals surface area contributed by atoms with Crippen LogP contribution in [-0.2, 0) is 11.2 Å². The van der Waals surface area contributed by atoms with Gasteiger partial charge in [0.2, 0.25) is 5.91 Å². The number of nitrogens with two attached hydrogens (primary N) is 1. The van der Waals surface area contributed by atoms with Gasteiger partial charge in [-0.2, -0.15) is 5.10 Å². The van der Waals surface area contributed by atoms with E-state index in [0.717, 1.165) is 31.4 Å². The Balaban J connectivity index is 1.67. The van der Waals surface area contributed by atoms with E-state index in [1.807, 2.05) is 13.1 Å². The summed E-state index contributed by atoms with van der Waals surface area (Å²) in [5.74, 6) is 0.129. The van der Waals surface area contributed by atoms with Gasteiger partial charge in [0.15, 0.2) is 0 Å². The fourth-order valence-electron chi connectivity index (χ4n) is 1.97. The number of nitrogens with one attached hydrogen (secondary N) is 2. The van der Waals surface area contributed by atoms with E-state index in [-0.39, 0.29) is 11.3 Å². The molecule has 4 N–H and O–H groups in total. The molecule has 17 heavy (non-hydrogen) atoms. The van der Waals surface area contributed by atoms with Crippen LogP contribution in [0.25, 0.3) is 0 Å². The first-order chi connectivity index (χ1) is 8.18. The first kappa shape index (κ1) is 12.1. The minimum absolute atomic E-state index is 0.129. The van der Waals surface area contributed by atoms with Crippen molar-refractivity contribution in [1.82, 2.24) is 15.5 Å². The highest BCUT2D eigenvalue weighted by molar-refractivity contribution is 5.85. The lowest BCUT2D eigenvalue weighted by Gasteiger charge is -2.12. The number of nitrogens with zero attached hydrogens (tertiary/aromatic N) is 1. The smallest absolute Gasteiger partial charge is 0.227 e. The molecular formula is C12H20N4O. The lowest BCUT2D eigenvalue weighted by molar-refractivity contribution is -0.125. The molecule has 5 heteroatoms. The maximum absolute atomic E-state index is 11.8. The highest BCUT2D eigenvalue weighted by Gasteiger charge is 2.48. The quantitative estimate of drug-likeness (QED) is 0.629. The highest BCUT2D eigenvalue weighted by Crippen LogP contribution is 2.44. The molecule has 94 valence electrons. The molecular weight excluding hydrogens is 216 g/mol. The fraction of sp³-hybridized carbons (Fsp3) is 0.667. The van der Waals surface area contributed by atoms with Crippen molar-refractivity contribution in [3.05, 3.63) is 17.5 Å². The van der Waals surface area contributed by atoms with Crippen LogP contribution in [0.3, 0.4) is 0 Å². The Morgan fingerprint density at radius 3 is 2.94 bits per heavy atom. The van der Waals surface area contributed by atoms with Gasteiger partial charge in [-0.05, 0) is 38.2 Å². The van der Waals surface area contributed by atoms with Crippen molar-refractivity contribution in [2.45, 2.75) is 32.6 Å². The van der Waals surface area contributed by atoms with Gasteiger partial charge in [-0.1, -0.05) is 0 Å². The molecule has 0 bridgehead atoms. The number of aromatic amines is 1. The van der Waals surface area contributed by atoms with Gasteiger partial charge < -0.3 is 11.1 Å². The zero-order valence-electron chi connectivity index (χ0n) is 10.3. The van der Waals surface area contributed by atoms with Crippen molar-refractivity contribution >= 4 is 5.91 Å². The average Bonchev–Trinajstić information content (AvgIpc) is 3.04. The third-order valence-electron chi connectivity index (χ3n) is 3.57. The largest absolute Gasteiger partial charge is 0.356 e. The summed E-state index contributed by atoms with van der Waals surface area (Å²) in [6.45, 7) is 3.19. The molecule has 1 aliphatic rings.